The molecular weight excluding hydrogens is 309 g/mol. The monoisotopic (exact) mass is 331 g/mol. The zero-order chi connectivity index (χ0) is 13.2. The van der Waals surface area contributed by atoms with Crippen molar-refractivity contribution in [3.63, 3.8) is 0 Å². The summed E-state index contributed by atoms with van der Waals surface area (Å²) in [4.78, 5) is 16.9. The average molecular weight is 332 g/mol. The summed E-state index contributed by atoms with van der Waals surface area (Å²) >= 11 is 0. The van der Waals surface area contributed by atoms with Crippen LogP contribution in [0.3, 0.4) is 0 Å². The van der Waals surface area contributed by atoms with Crippen molar-refractivity contribution in [2.75, 3.05) is 31.9 Å². The Kier molecular flexibility index (Phi) is 6.78. The predicted octanol–water partition coefficient (Wildman–Crippen LogP) is 1.96. The third-order valence-electron chi connectivity index (χ3n) is 4.28. The first-order chi connectivity index (χ1) is 9.22. The minimum absolute atomic E-state index is 0. The van der Waals surface area contributed by atoms with Gasteiger partial charge >= 0.3 is 0 Å². The average Bonchev–Trinajstić information content (AvgIpc) is 2.88. The Morgan fingerprint density at radius 1 is 1.14 bits per heavy atom. The molecule has 118 valence electrons. The molecule has 0 spiro atoms. The lowest BCUT2D eigenvalue weighted by Crippen LogP contribution is -2.52. The number of nitrogens with two attached hydrogens (primary N) is 1. The van der Waals surface area contributed by atoms with Gasteiger partial charge in [0.2, 0.25) is 5.91 Å². The van der Waals surface area contributed by atoms with Crippen molar-refractivity contribution in [3.8, 4) is 0 Å². The normalized spacial score (nSPS) is 21.1. The van der Waals surface area contributed by atoms with Gasteiger partial charge in [-0.05, 0) is 37.1 Å². The van der Waals surface area contributed by atoms with Crippen LogP contribution >= 0.6 is 24.8 Å². The Morgan fingerprint density at radius 3 is 2.57 bits per heavy atom. The Hall–Kier alpha value is -0.970. The number of rotatable bonds is 2. The highest BCUT2D eigenvalue weighted by Gasteiger charge is 2.32. The van der Waals surface area contributed by atoms with E-state index in [0.29, 0.717) is 12.5 Å². The van der Waals surface area contributed by atoms with Crippen LogP contribution in [-0.4, -0.2) is 47.9 Å². The molecule has 2 heterocycles. The van der Waals surface area contributed by atoms with Crippen molar-refractivity contribution in [1.29, 1.82) is 0 Å². The molecule has 1 amide bonds. The van der Waals surface area contributed by atoms with Crippen LogP contribution in [0.1, 0.15) is 18.4 Å². The van der Waals surface area contributed by atoms with E-state index in [1.165, 1.54) is 19.4 Å². The zero-order valence-corrected chi connectivity index (χ0v) is 13.7. The van der Waals surface area contributed by atoms with Gasteiger partial charge < -0.3 is 10.6 Å². The quantitative estimate of drug-likeness (QED) is 0.843. The lowest BCUT2D eigenvalue weighted by atomic mass is 10.1. The van der Waals surface area contributed by atoms with Crippen LogP contribution in [0.2, 0.25) is 0 Å². The number of hydrogen-bond acceptors (Lipinski definition) is 3. The standard InChI is InChI=1S/C15H21N3O.2ClH/c16-13-5-3-12(4-6-13)10-15(19)18-9-8-17-7-1-2-14(17)11-18;;/h3-6,14H,1-2,7-11,16H2;2*1H. The first kappa shape index (κ1) is 18.1. The van der Waals surface area contributed by atoms with E-state index < -0.39 is 0 Å². The summed E-state index contributed by atoms with van der Waals surface area (Å²) in [5.41, 5.74) is 7.45. The van der Waals surface area contributed by atoms with Crippen molar-refractivity contribution < 1.29 is 4.79 Å². The van der Waals surface area contributed by atoms with Crippen molar-refractivity contribution in [3.05, 3.63) is 29.8 Å². The number of anilines is 1. The first-order valence-electron chi connectivity index (χ1n) is 7.08. The molecule has 21 heavy (non-hydrogen) atoms. The molecule has 0 aromatic heterocycles. The molecule has 0 bridgehead atoms. The van der Waals surface area contributed by atoms with Crippen molar-refractivity contribution in [2.45, 2.75) is 25.3 Å². The van der Waals surface area contributed by atoms with E-state index in [2.05, 4.69) is 4.90 Å². The third-order valence-corrected chi connectivity index (χ3v) is 4.28. The Labute approximate surface area is 138 Å². The molecule has 0 aliphatic carbocycles. The maximum Gasteiger partial charge on any atom is 0.227 e. The molecule has 2 fully saturated rings. The van der Waals surface area contributed by atoms with Crippen LogP contribution in [0, 0.1) is 0 Å². The number of piperazine rings is 1. The van der Waals surface area contributed by atoms with Gasteiger partial charge in [-0.3, -0.25) is 9.69 Å². The van der Waals surface area contributed by atoms with Gasteiger partial charge in [-0.1, -0.05) is 12.1 Å². The number of benzene rings is 1. The van der Waals surface area contributed by atoms with Crippen molar-refractivity contribution in [2.24, 2.45) is 0 Å². The van der Waals surface area contributed by atoms with E-state index in [0.717, 1.165) is 30.9 Å². The van der Waals surface area contributed by atoms with E-state index in [1.807, 2.05) is 29.2 Å². The first-order valence-corrected chi connectivity index (χ1v) is 7.08. The lowest BCUT2D eigenvalue weighted by Gasteiger charge is -2.37. The van der Waals surface area contributed by atoms with Crippen LogP contribution in [0.15, 0.2) is 24.3 Å². The number of hydrogen-bond donors (Lipinski definition) is 1. The van der Waals surface area contributed by atoms with E-state index in [4.69, 9.17) is 5.73 Å². The SMILES string of the molecule is Cl.Cl.Nc1ccc(CC(=O)N2CCN3CCCC3C2)cc1. The van der Waals surface area contributed by atoms with Crippen LogP contribution in [0.4, 0.5) is 5.69 Å². The van der Waals surface area contributed by atoms with Gasteiger partial charge in [0.1, 0.15) is 0 Å². The van der Waals surface area contributed by atoms with E-state index in [9.17, 15) is 4.79 Å². The summed E-state index contributed by atoms with van der Waals surface area (Å²) in [5, 5.41) is 0. The summed E-state index contributed by atoms with van der Waals surface area (Å²) < 4.78 is 0. The van der Waals surface area contributed by atoms with Gasteiger partial charge in [0, 0.05) is 31.4 Å². The van der Waals surface area contributed by atoms with Crippen molar-refractivity contribution >= 4 is 36.4 Å². The maximum absolute atomic E-state index is 12.3. The van der Waals surface area contributed by atoms with Gasteiger partial charge in [-0.25, -0.2) is 0 Å². The number of carbonyl (C=O) groups is 1. The molecule has 6 heteroatoms. The lowest BCUT2D eigenvalue weighted by molar-refractivity contribution is -0.133. The zero-order valence-electron chi connectivity index (χ0n) is 12.0. The molecule has 1 aromatic carbocycles. The third kappa shape index (κ3) is 4.25. The molecule has 2 aliphatic rings. The van der Waals surface area contributed by atoms with Crippen LogP contribution in [0.5, 0.6) is 0 Å². The van der Waals surface area contributed by atoms with Crippen LogP contribution < -0.4 is 5.73 Å². The number of amides is 1. The summed E-state index contributed by atoms with van der Waals surface area (Å²) in [6.45, 7) is 4.04. The molecule has 2 saturated heterocycles. The second-order valence-electron chi connectivity index (χ2n) is 5.59. The molecule has 4 nitrogen and oxygen atoms in total. The molecule has 1 atom stereocenters. The van der Waals surface area contributed by atoms with Crippen LogP contribution in [0.25, 0.3) is 0 Å². The fraction of sp³-hybridized carbons (Fsp3) is 0.533. The number of fused-ring (bicyclic) bond motifs is 1. The Morgan fingerprint density at radius 2 is 1.86 bits per heavy atom. The highest BCUT2D eigenvalue weighted by atomic mass is 35.5. The highest BCUT2D eigenvalue weighted by Crippen LogP contribution is 2.22. The highest BCUT2D eigenvalue weighted by molar-refractivity contribution is 5.85. The fourth-order valence-corrected chi connectivity index (χ4v) is 3.14. The summed E-state index contributed by atoms with van der Waals surface area (Å²) in [7, 11) is 0. The molecule has 0 radical (unpaired) electrons. The van der Waals surface area contributed by atoms with Gasteiger partial charge in [0.25, 0.3) is 0 Å². The summed E-state index contributed by atoms with van der Waals surface area (Å²) in [5.74, 6) is 0.247. The topological polar surface area (TPSA) is 49.6 Å². The van der Waals surface area contributed by atoms with Crippen LogP contribution in [-0.2, 0) is 11.2 Å². The molecule has 1 aromatic rings. The van der Waals surface area contributed by atoms with Gasteiger partial charge in [-0.2, -0.15) is 0 Å². The molecule has 2 aliphatic heterocycles. The smallest absolute Gasteiger partial charge is 0.227 e. The number of nitrogens with zero attached hydrogens (tertiary/aromatic N) is 2. The Bertz CT molecular complexity index is 466. The molecule has 1 unspecified atom stereocenters. The van der Waals surface area contributed by atoms with E-state index >= 15 is 0 Å². The second-order valence-corrected chi connectivity index (χ2v) is 5.59. The van der Waals surface area contributed by atoms with Gasteiger partial charge in [0.15, 0.2) is 0 Å². The van der Waals surface area contributed by atoms with Gasteiger partial charge in [0.05, 0.1) is 6.42 Å². The molecule has 2 N–H and O–H groups in total. The second kappa shape index (κ2) is 7.87. The number of halogens is 2. The number of nitrogen functional groups attached to an aromatic ring is 1. The summed E-state index contributed by atoms with van der Waals surface area (Å²) in [6, 6.07) is 8.21. The summed E-state index contributed by atoms with van der Waals surface area (Å²) in [6.07, 6.45) is 3.02. The largest absolute Gasteiger partial charge is 0.399 e. The van der Waals surface area contributed by atoms with Gasteiger partial charge in [-0.15, -0.1) is 24.8 Å². The molecule has 3 rings (SSSR count). The predicted molar refractivity (Wildman–Crippen MR) is 90.2 cm³/mol. The Balaban J connectivity index is 0.00000110. The maximum atomic E-state index is 12.3. The van der Waals surface area contributed by atoms with E-state index in [1.54, 1.807) is 0 Å². The fourth-order valence-electron chi connectivity index (χ4n) is 3.14. The van der Waals surface area contributed by atoms with E-state index in [-0.39, 0.29) is 30.7 Å². The minimum Gasteiger partial charge on any atom is -0.399 e. The molecular formula is C15H23Cl2N3O. The number of carbonyl (C=O) groups excluding carboxylic acids is 1. The minimum atomic E-state index is 0. The van der Waals surface area contributed by atoms with Crippen molar-refractivity contribution in [1.82, 2.24) is 9.80 Å². The molecule has 0 saturated carbocycles.